The molecule has 0 atom stereocenters. The summed E-state index contributed by atoms with van der Waals surface area (Å²) >= 11 is 0. The predicted octanol–water partition coefficient (Wildman–Crippen LogP) is 5.31. The van der Waals surface area contributed by atoms with Crippen LogP contribution in [0.1, 0.15) is 32.7 Å². The van der Waals surface area contributed by atoms with Crippen LogP contribution < -0.4 is 18.9 Å². The number of ether oxygens (including phenoxy) is 3. The van der Waals surface area contributed by atoms with Gasteiger partial charge in [-0.1, -0.05) is 23.8 Å². The molecule has 0 unspecified atom stereocenters. The zero-order valence-corrected chi connectivity index (χ0v) is 23.3. The van der Waals surface area contributed by atoms with Gasteiger partial charge in [-0.05, 0) is 75.2 Å². The number of aromatic nitrogens is 2. The Morgan fingerprint density at radius 3 is 2.21 bits per heavy atom. The standard InChI is InChI=1S/C29H29N3O6S/c1-17-14-18(2)27(19(3)15-17)38-29-23(28(33)32-39(34,35)26-9-7-8-20(4)30-26)12-13-24(31-29)22-11-10-21(36-5)16-25(22)37-6/h7-16H,1-6H3,(H,32,33). The van der Waals surface area contributed by atoms with Crippen LogP contribution in [-0.4, -0.2) is 38.5 Å². The van der Waals surface area contributed by atoms with E-state index >= 15 is 0 Å². The average Bonchev–Trinajstić information content (AvgIpc) is 2.90. The maximum atomic E-state index is 13.3. The molecule has 2 aromatic heterocycles. The second-order valence-corrected chi connectivity index (χ2v) is 10.6. The van der Waals surface area contributed by atoms with Crippen LogP contribution in [0.4, 0.5) is 0 Å². The van der Waals surface area contributed by atoms with Gasteiger partial charge in [0.2, 0.25) is 5.88 Å². The number of hydrogen-bond acceptors (Lipinski definition) is 8. The number of pyridine rings is 2. The van der Waals surface area contributed by atoms with E-state index < -0.39 is 15.9 Å². The van der Waals surface area contributed by atoms with Crippen molar-refractivity contribution in [3.05, 3.63) is 88.6 Å². The molecule has 39 heavy (non-hydrogen) atoms. The molecule has 0 fully saturated rings. The summed E-state index contributed by atoms with van der Waals surface area (Å²) in [4.78, 5) is 22.0. The van der Waals surface area contributed by atoms with E-state index in [-0.39, 0.29) is 16.5 Å². The zero-order chi connectivity index (χ0) is 28.3. The number of aryl methyl sites for hydroxylation is 4. The Hall–Kier alpha value is -4.44. The van der Waals surface area contributed by atoms with Gasteiger partial charge in [0.05, 0.1) is 19.9 Å². The van der Waals surface area contributed by atoms with E-state index in [0.717, 1.165) is 16.7 Å². The molecular formula is C29H29N3O6S. The van der Waals surface area contributed by atoms with Crippen molar-refractivity contribution in [1.82, 2.24) is 14.7 Å². The third-order valence-corrected chi connectivity index (χ3v) is 7.19. The van der Waals surface area contributed by atoms with E-state index in [1.54, 1.807) is 50.4 Å². The first-order valence-electron chi connectivity index (χ1n) is 12.0. The van der Waals surface area contributed by atoms with Crippen molar-refractivity contribution in [2.75, 3.05) is 14.2 Å². The third-order valence-electron chi connectivity index (χ3n) is 5.96. The molecule has 0 aliphatic heterocycles. The summed E-state index contributed by atoms with van der Waals surface area (Å²) < 4.78 is 45.0. The van der Waals surface area contributed by atoms with Crippen molar-refractivity contribution in [1.29, 1.82) is 0 Å². The molecule has 2 heterocycles. The molecular weight excluding hydrogens is 518 g/mol. The van der Waals surface area contributed by atoms with Gasteiger partial charge >= 0.3 is 0 Å². The molecule has 0 radical (unpaired) electrons. The van der Waals surface area contributed by atoms with E-state index in [2.05, 4.69) is 14.7 Å². The van der Waals surface area contributed by atoms with Crippen LogP contribution in [0.2, 0.25) is 0 Å². The Morgan fingerprint density at radius 1 is 0.846 bits per heavy atom. The fraction of sp³-hybridized carbons (Fsp3) is 0.207. The Balaban J connectivity index is 1.81. The number of hydrogen-bond donors (Lipinski definition) is 1. The van der Waals surface area contributed by atoms with Crippen LogP contribution in [-0.2, 0) is 10.0 Å². The number of nitrogens with one attached hydrogen (secondary N) is 1. The van der Waals surface area contributed by atoms with Gasteiger partial charge in [-0.25, -0.2) is 14.7 Å². The van der Waals surface area contributed by atoms with Gasteiger partial charge in [-0.3, -0.25) is 4.79 Å². The minimum Gasteiger partial charge on any atom is -0.497 e. The summed E-state index contributed by atoms with van der Waals surface area (Å²) in [6.45, 7) is 7.41. The smallest absolute Gasteiger partial charge is 0.281 e. The lowest BCUT2D eigenvalue weighted by Gasteiger charge is -2.17. The van der Waals surface area contributed by atoms with Crippen molar-refractivity contribution < 1.29 is 27.4 Å². The SMILES string of the molecule is COc1ccc(-c2ccc(C(=O)NS(=O)(=O)c3cccc(C)n3)c(Oc3c(C)cc(C)cc3C)n2)c(OC)c1. The van der Waals surface area contributed by atoms with E-state index in [1.807, 2.05) is 32.9 Å². The van der Waals surface area contributed by atoms with E-state index in [4.69, 9.17) is 14.2 Å². The maximum absolute atomic E-state index is 13.3. The fourth-order valence-corrected chi connectivity index (χ4v) is 5.15. The molecule has 10 heteroatoms. The van der Waals surface area contributed by atoms with Gasteiger partial charge in [0.1, 0.15) is 22.8 Å². The summed E-state index contributed by atoms with van der Waals surface area (Å²) in [6.07, 6.45) is 0. The molecule has 0 bridgehead atoms. The number of benzene rings is 2. The zero-order valence-electron chi connectivity index (χ0n) is 22.5. The normalized spacial score (nSPS) is 11.1. The van der Waals surface area contributed by atoms with Gasteiger partial charge in [-0.2, -0.15) is 8.42 Å². The van der Waals surface area contributed by atoms with Crippen molar-refractivity contribution in [3.63, 3.8) is 0 Å². The highest BCUT2D eigenvalue weighted by Crippen LogP contribution is 2.36. The highest BCUT2D eigenvalue weighted by atomic mass is 32.2. The summed E-state index contributed by atoms with van der Waals surface area (Å²) in [5.74, 6) is 0.649. The molecule has 202 valence electrons. The van der Waals surface area contributed by atoms with Crippen LogP contribution >= 0.6 is 0 Å². The Morgan fingerprint density at radius 2 is 1.56 bits per heavy atom. The second-order valence-electron chi connectivity index (χ2n) is 9.00. The lowest BCUT2D eigenvalue weighted by atomic mass is 10.1. The highest BCUT2D eigenvalue weighted by Gasteiger charge is 2.25. The quantitative estimate of drug-likeness (QED) is 0.316. The lowest BCUT2D eigenvalue weighted by molar-refractivity contribution is 0.0978. The van der Waals surface area contributed by atoms with Crippen LogP contribution in [0.25, 0.3) is 11.3 Å². The average molecular weight is 548 g/mol. The molecule has 9 nitrogen and oxygen atoms in total. The first kappa shape index (κ1) is 27.6. The minimum atomic E-state index is -4.25. The number of sulfonamides is 1. The predicted molar refractivity (Wildman–Crippen MR) is 147 cm³/mol. The van der Waals surface area contributed by atoms with Gasteiger partial charge in [0, 0.05) is 17.3 Å². The van der Waals surface area contributed by atoms with Crippen molar-refractivity contribution in [2.24, 2.45) is 0 Å². The molecule has 1 amide bonds. The minimum absolute atomic E-state index is 0.0645. The van der Waals surface area contributed by atoms with Gasteiger partial charge in [0.15, 0.2) is 5.03 Å². The molecule has 1 N–H and O–H groups in total. The first-order chi connectivity index (χ1) is 18.5. The molecule has 0 aliphatic carbocycles. The Bertz CT molecular complexity index is 1640. The van der Waals surface area contributed by atoms with Crippen molar-refractivity contribution in [3.8, 4) is 34.4 Å². The first-order valence-corrected chi connectivity index (χ1v) is 13.5. The molecule has 4 aromatic rings. The number of rotatable bonds is 8. The largest absolute Gasteiger partial charge is 0.497 e. The van der Waals surface area contributed by atoms with Crippen LogP contribution in [0.5, 0.6) is 23.1 Å². The Labute approximate surface area is 227 Å². The van der Waals surface area contributed by atoms with Crippen LogP contribution in [0.15, 0.2) is 65.7 Å². The number of amides is 1. The molecule has 0 aliphatic rings. The summed E-state index contributed by atoms with van der Waals surface area (Å²) in [7, 11) is -1.17. The number of carbonyl (C=O) groups excluding carboxylic acids is 1. The number of carbonyl (C=O) groups is 1. The maximum Gasteiger partial charge on any atom is 0.281 e. The van der Waals surface area contributed by atoms with E-state index in [1.165, 1.54) is 19.2 Å². The fourth-order valence-electron chi connectivity index (χ4n) is 4.17. The monoisotopic (exact) mass is 547 g/mol. The second kappa shape index (κ2) is 11.1. The van der Waals surface area contributed by atoms with E-state index in [0.29, 0.717) is 34.2 Å². The van der Waals surface area contributed by atoms with Crippen molar-refractivity contribution in [2.45, 2.75) is 32.7 Å². The van der Waals surface area contributed by atoms with Crippen LogP contribution in [0, 0.1) is 27.7 Å². The van der Waals surface area contributed by atoms with Gasteiger partial charge in [-0.15, -0.1) is 0 Å². The number of methoxy groups -OCH3 is 2. The summed E-state index contributed by atoms with van der Waals surface area (Å²) in [5.41, 5.74) is 4.24. The highest BCUT2D eigenvalue weighted by molar-refractivity contribution is 7.90. The molecule has 0 saturated heterocycles. The molecule has 4 rings (SSSR count). The van der Waals surface area contributed by atoms with Crippen molar-refractivity contribution >= 4 is 15.9 Å². The summed E-state index contributed by atoms with van der Waals surface area (Å²) in [5, 5.41) is -0.268. The molecule has 0 spiro atoms. The number of nitrogens with zero attached hydrogens (tertiary/aromatic N) is 2. The molecule has 0 saturated carbocycles. The lowest BCUT2D eigenvalue weighted by Crippen LogP contribution is -2.31. The topological polar surface area (TPSA) is 117 Å². The van der Waals surface area contributed by atoms with Crippen LogP contribution in [0.3, 0.4) is 0 Å². The molecule has 2 aromatic carbocycles. The van der Waals surface area contributed by atoms with E-state index in [9.17, 15) is 13.2 Å². The third kappa shape index (κ3) is 6.01. The summed E-state index contributed by atoms with van der Waals surface area (Å²) in [6, 6.07) is 16.7. The van der Waals surface area contributed by atoms with Gasteiger partial charge in [0.25, 0.3) is 15.9 Å². The van der Waals surface area contributed by atoms with Gasteiger partial charge < -0.3 is 14.2 Å². The Kier molecular flexibility index (Phi) is 7.87.